The van der Waals surface area contributed by atoms with Crippen molar-refractivity contribution in [2.45, 2.75) is 0 Å². The van der Waals surface area contributed by atoms with Gasteiger partial charge in [0, 0.05) is 12.2 Å². The van der Waals surface area contributed by atoms with Crippen LogP contribution in [0.25, 0.3) is 0 Å². The fraction of sp³-hybridized carbons (Fsp3) is 0.200. The first kappa shape index (κ1) is 8.51. The number of sulfone groups is 1. The third-order valence-corrected chi connectivity index (χ3v) is 3.31. The minimum atomic E-state index is -3.06. The molecule has 1 atom stereocenters. The second-order valence-electron chi connectivity index (χ2n) is 3.26. The third kappa shape index (κ3) is 1.52. The highest BCUT2D eigenvalue weighted by Crippen LogP contribution is 2.28. The Labute approximate surface area is 77.9 Å². The summed E-state index contributed by atoms with van der Waals surface area (Å²) < 4.78 is 22.4. The summed E-state index contributed by atoms with van der Waals surface area (Å²) in [6.07, 6.45) is 12.5. The summed E-state index contributed by atoms with van der Waals surface area (Å²) >= 11 is 0. The van der Waals surface area contributed by atoms with Crippen LogP contribution < -0.4 is 0 Å². The zero-order chi connectivity index (χ0) is 9.47. The standard InChI is InChI=1S/C10H10O2S/c1-13(11,12)10-6-5-8-3-2-4-9(8)7-10/h2-8H,1H3. The van der Waals surface area contributed by atoms with Crippen molar-refractivity contribution in [1.29, 1.82) is 0 Å². The first-order valence-corrected chi connectivity index (χ1v) is 5.95. The lowest BCUT2D eigenvalue weighted by Gasteiger charge is -2.12. The molecule has 0 aromatic heterocycles. The Bertz CT molecular complexity index is 447. The van der Waals surface area contributed by atoms with Crippen molar-refractivity contribution in [1.82, 2.24) is 0 Å². The summed E-state index contributed by atoms with van der Waals surface area (Å²) in [4.78, 5) is 0.402. The maximum atomic E-state index is 11.2. The van der Waals surface area contributed by atoms with Crippen molar-refractivity contribution in [3.8, 4) is 0 Å². The summed E-state index contributed by atoms with van der Waals surface area (Å²) in [6, 6.07) is 0. The van der Waals surface area contributed by atoms with E-state index in [1.165, 1.54) is 6.26 Å². The predicted octanol–water partition coefficient (Wildman–Crippen LogP) is 1.60. The van der Waals surface area contributed by atoms with Gasteiger partial charge in [0.15, 0.2) is 9.84 Å². The smallest absolute Gasteiger partial charge is 0.175 e. The van der Waals surface area contributed by atoms with Crippen LogP contribution in [0.1, 0.15) is 0 Å². The van der Waals surface area contributed by atoms with Gasteiger partial charge in [-0.05, 0) is 17.7 Å². The summed E-state index contributed by atoms with van der Waals surface area (Å²) in [7, 11) is -3.06. The highest BCUT2D eigenvalue weighted by atomic mass is 32.2. The quantitative estimate of drug-likeness (QED) is 0.635. The Morgan fingerprint density at radius 3 is 2.77 bits per heavy atom. The van der Waals surface area contributed by atoms with E-state index >= 15 is 0 Å². The molecule has 2 rings (SSSR count). The van der Waals surface area contributed by atoms with Gasteiger partial charge in [0.05, 0.1) is 4.91 Å². The number of rotatable bonds is 1. The molecule has 2 aliphatic rings. The number of fused-ring (bicyclic) bond motifs is 1. The molecule has 0 bridgehead atoms. The third-order valence-electron chi connectivity index (χ3n) is 2.20. The number of hydrogen-bond acceptors (Lipinski definition) is 2. The molecule has 3 heteroatoms. The van der Waals surface area contributed by atoms with Gasteiger partial charge in [-0.1, -0.05) is 24.3 Å². The van der Waals surface area contributed by atoms with E-state index in [4.69, 9.17) is 0 Å². The predicted molar refractivity (Wildman–Crippen MR) is 52.8 cm³/mol. The minimum absolute atomic E-state index is 0.283. The SMILES string of the molecule is CS(=O)(=O)C1=CC2=CC=CC2C=C1. The highest BCUT2D eigenvalue weighted by molar-refractivity contribution is 7.94. The van der Waals surface area contributed by atoms with Crippen LogP contribution in [0.4, 0.5) is 0 Å². The summed E-state index contributed by atoms with van der Waals surface area (Å²) in [5.74, 6) is 0.283. The zero-order valence-corrected chi connectivity index (χ0v) is 8.08. The van der Waals surface area contributed by atoms with Crippen LogP contribution in [0.2, 0.25) is 0 Å². The van der Waals surface area contributed by atoms with Crippen LogP contribution in [0.5, 0.6) is 0 Å². The molecule has 0 fully saturated rings. The molecule has 13 heavy (non-hydrogen) atoms. The van der Waals surface area contributed by atoms with E-state index in [1.807, 2.05) is 24.3 Å². The van der Waals surface area contributed by atoms with Crippen molar-refractivity contribution in [2.75, 3.05) is 6.26 Å². The molecule has 0 aliphatic heterocycles. The van der Waals surface area contributed by atoms with Gasteiger partial charge in [0.1, 0.15) is 0 Å². The molecule has 0 aromatic rings. The molecule has 0 saturated carbocycles. The second kappa shape index (κ2) is 2.70. The molecule has 0 N–H and O–H groups in total. The van der Waals surface area contributed by atoms with E-state index in [1.54, 1.807) is 12.2 Å². The van der Waals surface area contributed by atoms with Gasteiger partial charge in [-0.25, -0.2) is 8.42 Å². The molecular weight excluding hydrogens is 184 g/mol. The van der Waals surface area contributed by atoms with Crippen molar-refractivity contribution in [3.05, 3.63) is 46.9 Å². The Hall–Kier alpha value is -1.09. The van der Waals surface area contributed by atoms with Gasteiger partial charge in [-0.15, -0.1) is 0 Å². The fourth-order valence-electron chi connectivity index (χ4n) is 1.47. The van der Waals surface area contributed by atoms with E-state index < -0.39 is 9.84 Å². The average Bonchev–Trinajstić information content (AvgIpc) is 2.47. The first-order chi connectivity index (χ1) is 6.07. The van der Waals surface area contributed by atoms with Gasteiger partial charge >= 0.3 is 0 Å². The van der Waals surface area contributed by atoms with Gasteiger partial charge in [0.25, 0.3) is 0 Å². The van der Waals surface area contributed by atoms with Crippen molar-refractivity contribution >= 4 is 9.84 Å². The summed E-state index contributed by atoms with van der Waals surface area (Å²) in [6.45, 7) is 0. The molecule has 1 unspecified atom stereocenters. The van der Waals surface area contributed by atoms with Crippen LogP contribution in [-0.2, 0) is 9.84 Å². The Morgan fingerprint density at radius 2 is 2.08 bits per heavy atom. The van der Waals surface area contributed by atoms with Gasteiger partial charge in [0.2, 0.25) is 0 Å². The second-order valence-corrected chi connectivity index (χ2v) is 5.27. The van der Waals surface area contributed by atoms with Crippen LogP contribution >= 0.6 is 0 Å². The van der Waals surface area contributed by atoms with Gasteiger partial charge in [-0.2, -0.15) is 0 Å². The van der Waals surface area contributed by atoms with E-state index in [2.05, 4.69) is 0 Å². The fourth-order valence-corrected chi connectivity index (χ4v) is 2.15. The monoisotopic (exact) mass is 194 g/mol. The number of allylic oxidation sites excluding steroid dienone is 7. The Kier molecular flexibility index (Phi) is 1.77. The lowest BCUT2D eigenvalue weighted by Crippen LogP contribution is -2.05. The van der Waals surface area contributed by atoms with Crippen LogP contribution in [0.3, 0.4) is 0 Å². The molecule has 2 nitrogen and oxygen atoms in total. The molecule has 0 aromatic carbocycles. The topological polar surface area (TPSA) is 34.1 Å². The van der Waals surface area contributed by atoms with Crippen molar-refractivity contribution < 1.29 is 8.42 Å². The largest absolute Gasteiger partial charge is 0.224 e. The molecule has 0 heterocycles. The van der Waals surface area contributed by atoms with E-state index in [0.717, 1.165) is 5.57 Å². The van der Waals surface area contributed by atoms with E-state index in [-0.39, 0.29) is 5.92 Å². The Morgan fingerprint density at radius 1 is 1.31 bits per heavy atom. The van der Waals surface area contributed by atoms with Gasteiger partial charge < -0.3 is 0 Å². The Balaban J connectivity index is 2.43. The molecular formula is C10H10O2S. The van der Waals surface area contributed by atoms with Gasteiger partial charge in [-0.3, -0.25) is 0 Å². The minimum Gasteiger partial charge on any atom is -0.224 e. The van der Waals surface area contributed by atoms with Crippen molar-refractivity contribution in [2.24, 2.45) is 5.92 Å². The normalized spacial score (nSPS) is 25.5. The molecule has 2 aliphatic carbocycles. The first-order valence-electron chi connectivity index (χ1n) is 4.06. The lowest BCUT2D eigenvalue weighted by atomic mass is 9.98. The molecule has 68 valence electrons. The maximum Gasteiger partial charge on any atom is 0.175 e. The maximum absolute atomic E-state index is 11.2. The number of hydrogen-bond donors (Lipinski definition) is 0. The zero-order valence-electron chi connectivity index (χ0n) is 7.27. The van der Waals surface area contributed by atoms with Crippen LogP contribution in [0.15, 0.2) is 46.9 Å². The molecule has 0 saturated heterocycles. The summed E-state index contributed by atoms with van der Waals surface area (Å²) in [5.41, 5.74) is 1.06. The lowest BCUT2D eigenvalue weighted by molar-refractivity contribution is 0.608. The van der Waals surface area contributed by atoms with E-state index in [9.17, 15) is 8.42 Å². The highest BCUT2D eigenvalue weighted by Gasteiger charge is 2.18. The van der Waals surface area contributed by atoms with Crippen LogP contribution in [-0.4, -0.2) is 14.7 Å². The molecule has 0 radical (unpaired) electrons. The van der Waals surface area contributed by atoms with Crippen molar-refractivity contribution in [3.63, 3.8) is 0 Å². The molecule has 0 amide bonds. The molecule has 0 spiro atoms. The average molecular weight is 194 g/mol. The van der Waals surface area contributed by atoms with E-state index in [0.29, 0.717) is 4.91 Å². The summed E-state index contributed by atoms with van der Waals surface area (Å²) in [5, 5.41) is 0. The van der Waals surface area contributed by atoms with Crippen LogP contribution in [0, 0.1) is 5.92 Å².